The standard InChI is InChI=1S/C16H21ClN4/c1-13-19-18-12-21(13)10-9-20-8-2-3-15(11-20)14-4-6-16(17)7-5-14/h4-7,12,15H,2-3,8-11H2,1H3/t15-/m1/s1. The predicted octanol–water partition coefficient (Wildman–Crippen LogP) is 3.12. The van der Waals surface area contributed by atoms with Crippen LogP contribution in [0.3, 0.4) is 0 Å². The van der Waals surface area contributed by atoms with Crippen LogP contribution in [0.1, 0.15) is 30.1 Å². The van der Waals surface area contributed by atoms with Crippen molar-refractivity contribution in [1.29, 1.82) is 0 Å². The fourth-order valence-corrected chi connectivity index (χ4v) is 3.17. The minimum atomic E-state index is 0.623. The number of aryl methyl sites for hydroxylation is 1. The molecule has 0 saturated carbocycles. The SMILES string of the molecule is Cc1nncn1CCN1CCC[C@@H](c2ccc(Cl)cc2)C1. The number of benzene rings is 1. The summed E-state index contributed by atoms with van der Waals surface area (Å²) in [5.74, 6) is 1.61. The lowest BCUT2D eigenvalue weighted by Crippen LogP contribution is -2.36. The largest absolute Gasteiger partial charge is 0.317 e. The Hall–Kier alpha value is -1.39. The van der Waals surface area contributed by atoms with E-state index >= 15 is 0 Å². The summed E-state index contributed by atoms with van der Waals surface area (Å²) in [7, 11) is 0. The van der Waals surface area contributed by atoms with Crippen molar-refractivity contribution in [2.45, 2.75) is 32.2 Å². The molecule has 0 N–H and O–H groups in total. The van der Waals surface area contributed by atoms with Crippen molar-refractivity contribution < 1.29 is 0 Å². The van der Waals surface area contributed by atoms with E-state index < -0.39 is 0 Å². The van der Waals surface area contributed by atoms with Crippen LogP contribution < -0.4 is 0 Å². The highest BCUT2D eigenvalue weighted by molar-refractivity contribution is 6.30. The molecule has 2 aromatic rings. The zero-order valence-corrected chi connectivity index (χ0v) is 13.1. The maximum atomic E-state index is 5.98. The fraction of sp³-hybridized carbons (Fsp3) is 0.500. The molecule has 3 rings (SSSR count). The van der Waals surface area contributed by atoms with Crippen molar-refractivity contribution in [1.82, 2.24) is 19.7 Å². The maximum absolute atomic E-state index is 5.98. The van der Waals surface area contributed by atoms with E-state index in [9.17, 15) is 0 Å². The van der Waals surface area contributed by atoms with Crippen LogP contribution in [0.5, 0.6) is 0 Å². The molecule has 112 valence electrons. The van der Waals surface area contributed by atoms with Gasteiger partial charge in [-0.25, -0.2) is 0 Å². The van der Waals surface area contributed by atoms with Crippen molar-refractivity contribution in [3.8, 4) is 0 Å². The van der Waals surface area contributed by atoms with Crippen molar-refractivity contribution in [3.05, 3.63) is 47.0 Å². The summed E-state index contributed by atoms with van der Waals surface area (Å²) >= 11 is 5.98. The maximum Gasteiger partial charge on any atom is 0.129 e. The lowest BCUT2D eigenvalue weighted by Gasteiger charge is -2.33. The van der Waals surface area contributed by atoms with Gasteiger partial charge in [0.25, 0.3) is 0 Å². The third kappa shape index (κ3) is 3.63. The van der Waals surface area contributed by atoms with E-state index in [-0.39, 0.29) is 0 Å². The molecule has 0 radical (unpaired) electrons. The van der Waals surface area contributed by atoms with Gasteiger partial charge in [-0.3, -0.25) is 0 Å². The Morgan fingerprint density at radius 2 is 2.05 bits per heavy atom. The molecule has 1 aliphatic rings. The van der Waals surface area contributed by atoms with Gasteiger partial charge in [-0.15, -0.1) is 10.2 Å². The van der Waals surface area contributed by atoms with Crippen LogP contribution >= 0.6 is 11.6 Å². The number of hydrogen-bond donors (Lipinski definition) is 0. The molecule has 1 fully saturated rings. The van der Waals surface area contributed by atoms with Crippen molar-refractivity contribution >= 4 is 11.6 Å². The molecule has 2 heterocycles. The molecular formula is C16H21ClN4. The molecule has 1 saturated heterocycles. The molecular weight excluding hydrogens is 284 g/mol. The van der Waals surface area contributed by atoms with Gasteiger partial charge >= 0.3 is 0 Å². The lowest BCUT2D eigenvalue weighted by molar-refractivity contribution is 0.200. The lowest BCUT2D eigenvalue weighted by atomic mass is 9.91. The van der Waals surface area contributed by atoms with E-state index in [1.165, 1.54) is 24.9 Å². The van der Waals surface area contributed by atoms with Gasteiger partial charge in [-0.2, -0.15) is 0 Å². The Bertz CT molecular complexity index is 578. The monoisotopic (exact) mass is 304 g/mol. The summed E-state index contributed by atoms with van der Waals surface area (Å²) in [6.07, 6.45) is 4.34. The van der Waals surface area contributed by atoms with E-state index in [1.54, 1.807) is 0 Å². The Balaban J connectivity index is 1.58. The first-order chi connectivity index (χ1) is 10.2. The number of nitrogens with zero attached hydrogens (tertiary/aromatic N) is 4. The summed E-state index contributed by atoms with van der Waals surface area (Å²) in [5.41, 5.74) is 1.41. The smallest absolute Gasteiger partial charge is 0.129 e. The summed E-state index contributed by atoms with van der Waals surface area (Å²) in [4.78, 5) is 2.54. The van der Waals surface area contributed by atoms with Gasteiger partial charge in [0.15, 0.2) is 0 Å². The number of hydrogen-bond acceptors (Lipinski definition) is 3. The summed E-state index contributed by atoms with van der Waals surface area (Å²) in [6, 6.07) is 8.33. The van der Waals surface area contributed by atoms with E-state index in [0.29, 0.717) is 5.92 Å². The number of likely N-dealkylation sites (tertiary alicyclic amines) is 1. The first kappa shape index (κ1) is 14.5. The molecule has 0 spiro atoms. The molecule has 0 unspecified atom stereocenters. The van der Waals surface area contributed by atoms with Crippen molar-refractivity contribution in [3.63, 3.8) is 0 Å². The molecule has 1 aromatic heterocycles. The zero-order valence-electron chi connectivity index (χ0n) is 12.4. The highest BCUT2D eigenvalue weighted by Crippen LogP contribution is 2.27. The van der Waals surface area contributed by atoms with Crippen LogP contribution in [-0.2, 0) is 6.54 Å². The summed E-state index contributed by atoms with van der Waals surface area (Å²) in [5, 5.41) is 8.79. The van der Waals surface area contributed by atoms with Gasteiger partial charge in [0, 0.05) is 24.7 Å². The Labute approximate surface area is 130 Å². The number of rotatable bonds is 4. The minimum Gasteiger partial charge on any atom is -0.317 e. The van der Waals surface area contributed by atoms with Crippen LogP contribution in [0.15, 0.2) is 30.6 Å². The molecule has 1 atom stereocenters. The number of aromatic nitrogens is 3. The minimum absolute atomic E-state index is 0.623. The van der Waals surface area contributed by atoms with Crippen LogP contribution in [0.2, 0.25) is 5.02 Å². The molecule has 0 amide bonds. The van der Waals surface area contributed by atoms with Gasteiger partial charge in [0.2, 0.25) is 0 Å². The quantitative estimate of drug-likeness (QED) is 0.870. The Kier molecular flexibility index (Phi) is 4.56. The first-order valence-electron chi connectivity index (χ1n) is 7.54. The molecule has 1 aliphatic heterocycles. The first-order valence-corrected chi connectivity index (χ1v) is 7.92. The average Bonchev–Trinajstić information content (AvgIpc) is 2.91. The molecule has 4 nitrogen and oxygen atoms in total. The highest BCUT2D eigenvalue weighted by Gasteiger charge is 2.21. The Morgan fingerprint density at radius 3 is 2.76 bits per heavy atom. The van der Waals surface area contributed by atoms with E-state index in [1.807, 2.05) is 25.4 Å². The summed E-state index contributed by atoms with van der Waals surface area (Å²) < 4.78 is 2.12. The van der Waals surface area contributed by atoms with E-state index in [0.717, 1.165) is 30.5 Å². The Morgan fingerprint density at radius 1 is 1.24 bits per heavy atom. The number of piperidine rings is 1. The van der Waals surface area contributed by atoms with Crippen molar-refractivity contribution in [2.75, 3.05) is 19.6 Å². The van der Waals surface area contributed by atoms with E-state index in [2.05, 4.69) is 31.8 Å². The second-order valence-corrected chi connectivity index (χ2v) is 6.20. The molecule has 0 aliphatic carbocycles. The van der Waals surface area contributed by atoms with Gasteiger partial charge in [-0.1, -0.05) is 23.7 Å². The molecule has 1 aromatic carbocycles. The van der Waals surface area contributed by atoms with Gasteiger partial charge < -0.3 is 9.47 Å². The van der Waals surface area contributed by atoms with Crippen LogP contribution in [0.4, 0.5) is 0 Å². The zero-order chi connectivity index (χ0) is 14.7. The average molecular weight is 305 g/mol. The molecule has 21 heavy (non-hydrogen) atoms. The van der Waals surface area contributed by atoms with Gasteiger partial charge in [0.1, 0.15) is 12.2 Å². The number of halogens is 1. The molecule has 0 bridgehead atoms. The summed E-state index contributed by atoms with van der Waals surface area (Å²) in [6.45, 7) is 6.34. The van der Waals surface area contributed by atoms with E-state index in [4.69, 9.17) is 11.6 Å². The third-order valence-corrected chi connectivity index (χ3v) is 4.57. The fourth-order valence-electron chi connectivity index (χ4n) is 3.05. The topological polar surface area (TPSA) is 34.0 Å². The second-order valence-electron chi connectivity index (χ2n) is 5.76. The normalized spacial score (nSPS) is 19.8. The molecule has 5 heteroatoms. The second kappa shape index (κ2) is 6.58. The van der Waals surface area contributed by atoms with Gasteiger partial charge in [-0.05, 0) is 49.9 Å². The van der Waals surface area contributed by atoms with Gasteiger partial charge in [0.05, 0.1) is 0 Å². The highest BCUT2D eigenvalue weighted by atomic mass is 35.5. The predicted molar refractivity (Wildman–Crippen MR) is 84.6 cm³/mol. The van der Waals surface area contributed by atoms with Crippen LogP contribution in [-0.4, -0.2) is 39.3 Å². The third-order valence-electron chi connectivity index (χ3n) is 4.31. The van der Waals surface area contributed by atoms with Crippen molar-refractivity contribution in [2.24, 2.45) is 0 Å². The van der Waals surface area contributed by atoms with Crippen LogP contribution in [0, 0.1) is 6.92 Å². The van der Waals surface area contributed by atoms with Crippen LogP contribution in [0.25, 0.3) is 0 Å².